The monoisotopic (exact) mass is 423 g/mol. The molecule has 0 spiro atoms. The molecule has 1 aromatic heterocycles. The molecule has 164 valence electrons. The van der Waals surface area contributed by atoms with E-state index in [9.17, 15) is 9.59 Å². The lowest BCUT2D eigenvalue weighted by Gasteiger charge is -2.24. The van der Waals surface area contributed by atoms with Gasteiger partial charge in [0.1, 0.15) is 11.4 Å². The third kappa shape index (κ3) is 5.84. The van der Waals surface area contributed by atoms with E-state index in [-0.39, 0.29) is 17.9 Å². The maximum absolute atomic E-state index is 12.7. The maximum Gasteiger partial charge on any atom is 0.408 e. The first-order valence-electron chi connectivity index (χ1n) is 10.3. The van der Waals surface area contributed by atoms with E-state index in [4.69, 9.17) is 9.47 Å². The van der Waals surface area contributed by atoms with Crippen molar-refractivity contribution >= 4 is 17.7 Å². The molecule has 7 nitrogen and oxygen atoms in total. The molecule has 1 aliphatic heterocycles. The predicted octanol–water partition coefficient (Wildman–Crippen LogP) is 4.86. The number of carbonyl (C=O) groups is 2. The Labute approximate surface area is 182 Å². The maximum atomic E-state index is 12.7. The van der Waals surface area contributed by atoms with Crippen LogP contribution in [0.25, 0.3) is 11.3 Å². The van der Waals surface area contributed by atoms with E-state index >= 15 is 0 Å². The summed E-state index contributed by atoms with van der Waals surface area (Å²) in [6, 6.07) is 9.18. The molecule has 0 saturated carbocycles. The first kappa shape index (κ1) is 22.3. The van der Waals surface area contributed by atoms with E-state index in [0.717, 1.165) is 11.1 Å². The Morgan fingerprint density at radius 2 is 2.03 bits per heavy atom. The number of fused-ring (bicyclic) bond motifs is 4. The largest absolute Gasteiger partial charge is 0.495 e. The standard InChI is InChI=1S/C24H29N3O4/c1-15-8-6-11-19(27-23(29)31-24(2,3)4)16-9-7-10-17(12-16)21-20(26-22(15)28)13-18(30-5)14-25-21/h6-10,12-15,19H,11H2,1-5H3,(H,26,28)(H,27,29)/b8-6+/t15-,19+/m1/s1. The van der Waals surface area contributed by atoms with Crippen LogP contribution in [0, 0.1) is 5.92 Å². The van der Waals surface area contributed by atoms with Gasteiger partial charge in [-0.15, -0.1) is 0 Å². The second-order valence-corrected chi connectivity index (χ2v) is 8.54. The van der Waals surface area contributed by atoms with Crippen LogP contribution >= 0.6 is 0 Å². The summed E-state index contributed by atoms with van der Waals surface area (Å²) in [5.74, 6) is 0.0369. The van der Waals surface area contributed by atoms with Gasteiger partial charge in [-0.25, -0.2) is 4.79 Å². The molecule has 31 heavy (non-hydrogen) atoms. The number of aromatic nitrogens is 1. The highest BCUT2D eigenvalue weighted by Gasteiger charge is 2.22. The van der Waals surface area contributed by atoms with Crippen molar-refractivity contribution in [1.29, 1.82) is 0 Å². The molecule has 2 N–H and O–H groups in total. The summed E-state index contributed by atoms with van der Waals surface area (Å²) < 4.78 is 10.7. The van der Waals surface area contributed by atoms with Gasteiger partial charge in [0.05, 0.1) is 36.6 Å². The lowest BCUT2D eigenvalue weighted by molar-refractivity contribution is -0.118. The third-order valence-electron chi connectivity index (χ3n) is 4.82. The topological polar surface area (TPSA) is 89.5 Å². The summed E-state index contributed by atoms with van der Waals surface area (Å²) in [7, 11) is 1.56. The number of anilines is 1. The normalized spacial score (nSPS) is 19.7. The van der Waals surface area contributed by atoms with Crippen molar-refractivity contribution in [2.75, 3.05) is 12.4 Å². The Morgan fingerprint density at radius 1 is 1.26 bits per heavy atom. The molecule has 2 aromatic rings. The number of hydrogen-bond donors (Lipinski definition) is 2. The minimum atomic E-state index is -0.596. The molecule has 0 fully saturated rings. The molecule has 0 saturated heterocycles. The quantitative estimate of drug-likeness (QED) is 0.674. The number of pyridine rings is 1. The van der Waals surface area contributed by atoms with Crippen LogP contribution in [0.1, 0.15) is 45.7 Å². The lowest BCUT2D eigenvalue weighted by Crippen LogP contribution is -2.35. The van der Waals surface area contributed by atoms with Gasteiger partial charge in [-0.1, -0.05) is 37.3 Å². The minimum absolute atomic E-state index is 0.152. The predicted molar refractivity (Wildman–Crippen MR) is 120 cm³/mol. The van der Waals surface area contributed by atoms with Crippen molar-refractivity contribution in [2.24, 2.45) is 5.92 Å². The summed E-state index contributed by atoms with van der Waals surface area (Å²) in [4.78, 5) is 29.7. The van der Waals surface area contributed by atoms with E-state index in [1.807, 2.05) is 64.1 Å². The molecule has 0 radical (unpaired) electrons. The van der Waals surface area contributed by atoms with Crippen LogP contribution in [0.5, 0.6) is 5.75 Å². The highest BCUT2D eigenvalue weighted by molar-refractivity contribution is 5.97. The van der Waals surface area contributed by atoms with E-state index in [2.05, 4.69) is 15.6 Å². The smallest absolute Gasteiger partial charge is 0.408 e. The Balaban J connectivity index is 2.04. The van der Waals surface area contributed by atoms with Crippen LogP contribution < -0.4 is 15.4 Å². The highest BCUT2D eigenvalue weighted by atomic mass is 16.6. The zero-order valence-corrected chi connectivity index (χ0v) is 18.6. The van der Waals surface area contributed by atoms with Gasteiger partial charge in [-0.05, 0) is 38.8 Å². The Hall–Kier alpha value is -3.35. The summed E-state index contributed by atoms with van der Waals surface area (Å²) in [5, 5.41) is 5.91. The SMILES string of the molecule is COc1cnc2c(c1)NC(=O)[C@H](C)/C=C/C[C@H](NC(=O)OC(C)(C)C)c1cccc-2c1. The van der Waals surface area contributed by atoms with Crippen LogP contribution in [0.15, 0.2) is 48.7 Å². The molecule has 1 aliphatic rings. The average molecular weight is 424 g/mol. The third-order valence-corrected chi connectivity index (χ3v) is 4.82. The van der Waals surface area contributed by atoms with Crippen molar-refractivity contribution < 1.29 is 19.1 Å². The van der Waals surface area contributed by atoms with E-state index in [1.54, 1.807) is 19.4 Å². The van der Waals surface area contributed by atoms with Gasteiger partial charge >= 0.3 is 6.09 Å². The number of alkyl carbamates (subject to hydrolysis) is 1. The number of nitrogens with zero attached hydrogens (tertiary/aromatic N) is 1. The van der Waals surface area contributed by atoms with Crippen LogP contribution in [0.3, 0.4) is 0 Å². The molecule has 3 rings (SSSR count). The van der Waals surface area contributed by atoms with Crippen molar-refractivity contribution in [3.63, 3.8) is 0 Å². The van der Waals surface area contributed by atoms with Gasteiger partial charge in [-0.2, -0.15) is 0 Å². The van der Waals surface area contributed by atoms with E-state index in [1.165, 1.54) is 0 Å². The van der Waals surface area contributed by atoms with Crippen LogP contribution in [-0.4, -0.2) is 29.7 Å². The fourth-order valence-electron chi connectivity index (χ4n) is 3.27. The second-order valence-electron chi connectivity index (χ2n) is 8.54. The molecule has 0 unspecified atom stereocenters. The molecule has 2 amide bonds. The molecule has 1 aromatic carbocycles. The number of hydrogen-bond acceptors (Lipinski definition) is 5. The lowest BCUT2D eigenvalue weighted by atomic mass is 9.97. The second kappa shape index (κ2) is 9.20. The van der Waals surface area contributed by atoms with Gasteiger partial charge in [0.25, 0.3) is 0 Å². The number of benzene rings is 1. The van der Waals surface area contributed by atoms with Crippen LogP contribution in [0.2, 0.25) is 0 Å². The van der Waals surface area contributed by atoms with Crippen molar-refractivity contribution in [3.8, 4) is 17.0 Å². The summed E-state index contributed by atoms with van der Waals surface area (Å²) in [6.07, 6.45) is 5.38. The van der Waals surface area contributed by atoms with Crippen molar-refractivity contribution in [3.05, 3.63) is 54.2 Å². The van der Waals surface area contributed by atoms with Gasteiger partial charge in [-0.3, -0.25) is 9.78 Å². The Kier molecular flexibility index (Phi) is 6.63. The van der Waals surface area contributed by atoms with Crippen LogP contribution in [0.4, 0.5) is 10.5 Å². The van der Waals surface area contributed by atoms with Gasteiger partial charge in [0.2, 0.25) is 5.91 Å². The molecular weight excluding hydrogens is 394 g/mol. The number of rotatable bonds is 2. The number of methoxy groups -OCH3 is 1. The van der Waals surface area contributed by atoms with Gasteiger partial charge < -0.3 is 20.1 Å². The molecular formula is C24H29N3O4. The van der Waals surface area contributed by atoms with Crippen LogP contribution in [-0.2, 0) is 9.53 Å². The molecule has 7 heteroatoms. The van der Waals surface area contributed by atoms with Gasteiger partial charge in [0.15, 0.2) is 0 Å². The Bertz CT molecular complexity index is 995. The summed E-state index contributed by atoms with van der Waals surface area (Å²) in [5.41, 5.74) is 2.34. The van der Waals surface area contributed by atoms with Crippen molar-refractivity contribution in [2.45, 2.75) is 45.8 Å². The fourth-order valence-corrected chi connectivity index (χ4v) is 3.27. The average Bonchev–Trinajstić information content (AvgIpc) is 2.71. The first-order valence-corrected chi connectivity index (χ1v) is 10.3. The summed E-state index contributed by atoms with van der Waals surface area (Å²) >= 11 is 0. The number of amides is 2. The number of nitrogens with one attached hydrogen (secondary N) is 2. The molecule has 2 bridgehead atoms. The first-order chi connectivity index (χ1) is 14.7. The molecule has 0 aliphatic carbocycles. The zero-order valence-electron chi connectivity index (χ0n) is 18.6. The Morgan fingerprint density at radius 3 is 2.74 bits per heavy atom. The van der Waals surface area contributed by atoms with E-state index in [0.29, 0.717) is 23.6 Å². The van der Waals surface area contributed by atoms with Gasteiger partial charge in [0, 0.05) is 11.6 Å². The highest BCUT2D eigenvalue weighted by Crippen LogP contribution is 2.32. The molecule has 2 atom stereocenters. The van der Waals surface area contributed by atoms with E-state index < -0.39 is 11.7 Å². The summed E-state index contributed by atoms with van der Waals surface area (Å²) in [6.45, 7) is 7.29. The minimum Gasteiger partial charge on any atom is -0.495 e. The number of ether oxygens (including phenoxy) is 2. The number of carbonyl (C=O) groups excluding carboxylic acids is 2. The fraction of sp³-hybridized carbons (Fsp3) is 0.375. The molecule has 2 heterocycles. The zero-order chi connectivity index (χ0) is 22.6. The van der Waals surface area contributed by atoms with Crippen molar-refractivity contribution in [1.82, 2.24) is 10.3 Å².